The Morgan fingerprint density at radius 1 is 1.38 bits per heavy atom. The molecule has 1 aromatic carbocycles. The minimum Gasteiger partial charge on any atom is -0.367 e. The highest BCUT2D eigenvalue weighted by atomic mass is 79.9. The summed E-state index contributed by atoms with van der Waals surface area (Å²) >= 11 is 3.39. The van der Waals surface area contributed by atoms with Crippen LogP contribution in [0.1, 0.15) is 12.8 Å². The summed E-state index contributed by atoms with van der Waals surface area (Å²) < 4.78 is 14.6. The van der Waals surface area contributed by atoms with Gasteiger partial charge in [0.1, 0.15) is 11.6 Å². The van der Waals surface area contributed by atoms with Gasteiger partial charge in [-0.15, -0.1) is 0 Å². The fourth-order valence-corrected chi connectivity index (χ4v) is 2.18. The molecule has 2 nitrogen and oxygen atoms in total. The minimum absolute atomic E-state index is 0.227. The first kappa shape index (κ1) is 10.0. The second-order valence-corrected chi connectivity index (χ2v) is 4.89. The standard InChI is InChI=1S/C12H10BrFN2/c13-9-6-15-12(16-7-4-5-7)11-8(9)2-1-3-10(11)14/h1-3,6-7H,4-5H2,(H,15,16). The zero-order chi connectivity index (χ0) is 11.1. The van der Waals surface area contributed by atoms with Crippen LogP contribution < -0.4 is 5.32 Å². The molecule has 1 aliphatic rings. The molecule has 0 bridgehead atoms. The maximum absolute atomic E-state index is 13.8. The van der Waals surface area contributed by atoms with E-state index in [1.165, 1.54) is 6.07 Å². The van der Waals surface area contributed by atoms with Crippen LogP contribution in [0.15, 0.2) is 28.9 Å². The molecule has 1 aromatic heterocycles. The topological polar surface area (TPSA) is 24.9 Å². The smallest absolute Gasteiger partial charge is 0.137 e. The molecule has 4 heteroatoms. The second-order valence-electron chi connectivity index (χ2n) is 4.04. The van der Waals surface area contributed by atoms with E-state index in [0.717, 1.165) is 22.7 Å². The Bertz CT molecular complexity index is 552. The molecule has 2 aromatic rings. The van der Waals surface area contributed by atoms with Gasteiger partial charge in [-0.1, -0.05) is 12.1 Å². The van der Waals surface area contributed by atoms with Gasteiger partial charge in [-0.25, -0.2) is 9.37 Å². The third-order valence-corrected chi connectivity index (χ3v) is 3.36. The number of halogens is 2. The predicted octanol–water partition coefficient (Wildman–Crippen LogP) is 3.71. The molecule has 0 saturated heterocycles. The maximum Gasteiger partial charge on any atom is 0.137 e. The van der Waals surface area contributed by atoms with Crippen molar-refractivity contribution in [2.24, 2.45) is 0 Å². The van der Waals surface area contributed by atoms with Crippen LogP contribution in [0.5, 0.6) is 0 Å². The van der Waals surface area contributed by atoms with Gasteiger partial charge in [-0.05, 0) is 34.8 Å². The summed E-state index contributed by atoms with van der Waals surface area (Å²) in [6.07, 6.45) is 4.01. The molecule has 3 rings (SSSR count). The molecule has 0 radical (unpaired) electrons. The number of anilines is 1. The number of aromatic nitrogens is 1. The van der Waals surface area contributed by atoms with Crippen molar-refractivity contribution in [2.45, 2.75) is 18.9 Å². The zero-order valence-electron chi connectivity index (χ0n) is 8.50. The van der Waals surface area contributed by atoms with Crippen molar-refractivity contribution in [1.29, 1.82) is 0 Å². The molecule has 0 aliphatic heterocycles. The van der Waals surface area contributed by atoms with Gasteiger partial charge in [0, 0.05) is 22.1 Å². The Morgan fingerprint density at radius 2 is 2.19 bits per heavy atom. The predicted molar refractivity (Wildman–Crippen MR) is 66.0 cm³/mol. The first-order valence-electron chi connectivity index (χ1n) is 5.25. The number of rotatable bonds is 2. The van der Waals surface area contributed by atoms with Crippen LogP contribution >= 0.6 is 15.9 Å². The average Bonchev–Trinajstić information content (AvgIpc) is 3.07. The molecule has 16 heavy (non-hydrogen) atoms. The fourth-order valence-electron chi connectivity index (χ4n) is 1.75. The maximum atomic E-state index is 13.8. The molecule has 1 heterocycles. The summed E-state index contributed by atoms with van der Waals surface area (Å²) in [5, 5.41) is 4.69. The number of pyridine rings is 1. The van der Waals surface area contributed by atoms with Crippen molar-refractivity contribution in [3.63, 3.8) is 0 Å². The van der Waals surface area contributed by atoms with Crippen LogP contribution in [-0.4, -0.2) is 11.0 Å². The number of nitrogens with one attached hydrogen (secondary N) is 1. The Labute approximate surface area is 101 Å². The van der Waals surface area contributed by atoms with E-state index in [0.29, 0.717) is 17.2 Å². The minimum atomic E-state index is -0.227. The van der Waals surface area contributed by atoms with E-state index in [9.17, 15) is 4.39 Å². The van der Waals surface area contributed by atoms with E-state index >= 15 is 0 Å². The van der Waals surface area contributed by atoms with Crippen molar-refractivity contribution >= 4 is 32.5 Å². The summed E-state index contributed by atoms with van der Waals surface area (Å²) in [5.74, 6) is 0.424. The molecular formula is C12H10BrFN2. The van der Waals surface area contributed by atoms with Crippen LogP contribution in [0.2, 0.25) is 0 Å². The lowest BCUT2D eigenvalue weighted by atomic mass is 10.1. The third kappa shape index (κ3) is 1.67. The summed E-state index contributed by atoms with van der Waals surface area (Å²) in [6.45, 7) is 0. The van der Waals surface area contributed by atoms with Crippen molar-refractivity contribution in [3.8, 4) is 0 Å². The van der Waals surface area contributed by atoms with E-state index in [1.807, 2.05) is 6.07 Å². The molecule has 0 spiro atoms. The van der Waals surface area contributed by atoms with Crippen LogP contribution in [0, 0.1) is 5.82 Å². The van der Waals surface area contributed by atoms with Crippen molar-refractivity contribution in [3.05, 3.63) is 34.7 Å². The number of hydrogen-bond donors (Lipinski definition) is 1. The van der Waals surface area contributed by atoms with E-state index in [4.69, 9.17) is 0 Å². The molecule has 0 amide bonds. The zero-order valence-corrected chi connectivity index (χ0v) is 10.1. The van der Waals surface area contributed by atoms with E-state index in [1.54, 1.807) is 12.3 Å². The summed E-state index contributed by atoms with van der Waals surface area (Å²) in [4.78, 5) is 4.25. The SMILES string of the molecule is Fc1cccc2c(Br)cnc(NC3CC3)c12. The first-order chi connectivity index (χ1) is 7.75. The van der Waals surface area contributed by atoms with Crippen LogP contribution in [0.3, 0.4) is 0 Å². The van der Waals surface area contributed by atoms with Gasteiger partial charge in [0.25, 0.3) is 0 Å². The Balaban J connectivity index is 2.23. The molecule has 1 N–H and O–H groups in total. The largest absolute Gasteiger partial charge is 0.367 e. The summed E-state index contributed by atoms with van der Waals surface area (Å²) in [5.41, 5.74) is 0. The lowest BCUT2D eigenvalue weighted by Crippen LogP contribution is -2.04. The van der Waals surface area contributed by atoms with Gasteiger partial charge < -0.3 is 5.32 Å². The Hall–Kier alpha value is -1.16. The van der Waals surface area contributed by atoms with Gasteiger partial charge in [0.05, 0.1) is 5.39 Å². The third-order valence-electron chi connectivity index (χ3n) is 2.73. The highest BCUT2D eigenvalue weighted by molar-refractivity contribution is 9.10. The van der Waals surface area contributed by atoms with Gasteiger partial charge in [0.2, 0.25) is 0 Å². The number of benzene rings is 1. The molecule has 82 valence electrons. The fraction of sp³-hybridized carbons (Fsp3) is 0.250. The summed E-state index contributed by atoms with van der Waals surface area (Å²) in [7, 11) is 0. The second kappa shape index (κ2) is 3.70. The van der Waals surface area contributed by atoms with Crippen LogP contribution in [0.4, 0.5) is 10.2 Å². The van der Waals surface area contributed by atoms with Gasteiger partial charge in [0.15, 0.2) is 0 Å². The van der Waals surface area contributed by atoms with E-state index in [2.05, 4.69) is 26.2 Å². The lowest BCUT2D eigenvalue weighted by Gasteiger charge is -2.09. The van der Waals surface area contributed by atoms with Gasteiger partial charge >= 0.3 is 0 Å². The van der Waals surface area contributed by atoms with Gasteiger partial charge in [-0.3, -0.25) is 0 Å². The molecular weight excluding hydrogens is 271 g/mol. The van der Waals surface area contributed by atoms with E-state index < -0.39 is 0 Å². The monoisotopic (exact) mass is 280 g/mol. The number of hydrogen-bond acceptors (Lipinski definition) is 2. The number of fused-ring (bicyclic) bond motifs is 1. The normalized spacial score (nSPS) is 15.4. The van der Waals surface area contributed by atoms with Crippen molar-refractivity contribution < 1.29 is 4.39 Å². The Morgan fingerprint density at radius 3 is 2.94 bits per heavy atom. The Kier molecular flexibility index (Phi) is 2.32. The van der Waals surface area contributed by atoms with Crippen molar-refractivity contribution in [1.82, 2.24) is 4.98 Å². The highest BCUT2D eigenvalue weighted by Crippen LogP contribution is 2.33. The molecule has 1 saturated carbocycles. The molecule has 1 aliphatic carbocycles. The molecule has 0 atom stereocenters. The highest BCUT2D eigenvalue weighted by Gasteiger charge is 2.23. The van der Waals surface area contributed by atoms with Crippen molar-refractivity contribution in [2.75, 3.05) is 5.32 Å². The van der Waals surface area contributed by atoms with E-state index in [-0.39, 0.29) is 5.82 Å². The molecule has 0 unspecified atom stereocenters. The van der Waals surface area contributed by atoms with Crippen LogP contribution in [0.25, 0.3) is 10.8 Å². The molecule has 1 fully saturated rings. The summed E-state index contributed by atoms with van der Waals surface area (Å²) in [6, 6.07) is 5.54. The number of nitrogens with zero attached hydrogens (tertiary/aromatic N) is 1. The lowest BCUT2D eigenvalue weighted by molar-refractivity contribution is 0.639. The average molecular weight is 281 g/mol. The van der Waals surface area contributed by atoms with Crippen LogP contribution in [-0.2, 0) is 0 Å². The quantitative estimate of drug-likeness (QED) is 0.907. The first-order valence-corrected chi connectivity index (χ1v) is 6.04. The van der Waals surface area contributed by atoms with Gasteiger partial charge in [-0.2, -0.15) is 0 Å².